The third-order valence-electron chi connectivity index (χ3n) is 4.39. The van der Waals surface area contributed by atoms with Crippen LogP contribution in [0.25, 0.3) is 21.5 Å². The topological polar surface area (TPSA) is 40.5 Å². The molecule has 0 bridgehead atoms. The number of aryl methyl sites for hydroxylation is 1. The van der Waals surface area contributed by atoms with Crippen molar-refractivity contribution in [3.63, 3.8) is 0 Å². The van der Waals surface area contributed by atoms with Gasteiger partial charge in [0.15, 0.2) is 0 Å². The van der Waals surface area contributed by atoms with E-state index in [1.165, 1.54) is 10.8 Å². The van der Waals surface area contributed by atoms with Gasteiger partial charge in [-0.3, -0.25) is 0 Å². The van der Waals surface area contributed by atoms with E-state index in [0.717, 1.165) is 28.3 Å². The molecule has 4 rings (SSSR count). The van der Waals surface area contributed by atoms with Crippen LogP contribution in [0.2, 0.25) is 0 Å². The molecule has 1 aliphatic carbocycles. The molecule has 0 fully saturated rings. The van der Waals surface area contributed by atoms with Crippen molar-refractivity contribution in [3.8, 4) is 0 Å². The third-order valence-corrected chi connectivity index (χ3v) is 4.39. The van der Waals surface area contributed by atoms with Crippen LogP contribution in [0.1, 0.15) is 23.7 Å². The lowest BCUT2D eigenvalue weighted by Crippen LogP contribution is -2.25. The highest BCUT2D eigenvalue weighted by atomic mass is 16.3. The van der Waals surface area contributed by atoms with Gasteiger partial charge in [-0.15, -0.1) is 0 Å². The van der Waals surface area contributed by atoms with E-state index in [2.05, 4.69) is 36.4 Å². The van der Waals surface area contributed by atoms with Gasteiger partial charge in [-0.25, -0.2) is 0 Å². The van der Waals surface area contributed by atoms with Gasteiger partial charge in [-0.2, -0.15) is 0 Å². The molecular weight excluding hydrogens is 248 g/mol. The molecular formula is C18H16O2. The summed E-state index contributed by atoms with van der Waals surface area (Å²) >= 11 is 0. The molecule has 1 aliphatic rings. The van der Waals surface area contributed by atoms with Crippen molar-refractivity contribution < 1.29 is 10.2 Å². The SMILES string of the molecule is O[C@@H]1c2c(ccc3cc4ccccc4cc23)CC[C@@H]1O. The molecule has 0 aromatic heterocycles. The van der Waals surface area contributed by atoms with Gasteiger partial charge in [-0.1, -0.05) is 36.4 Å². The first kappa shape index (κ1) is 11.9. The van der Waals surface area contributed by atoms with E-state index in [9.17, 15) is 10.2 Å². The fraction of sp³-hybridized carbons (Fsp3) is 0.222. The number of aliphatic hydroxyl groups is 2. The Balaban J connectivity index is 2.09. The Morgan fingerprint density at radius 1 is 0.850 bits per heavy atom. The lowest BCUT2D eigenvalue weighted by molar-refractivity contribution is 0.00747. The zero-order valence-corrected chi connectivity index (χ0v) is 11.1. The van der Waals surface area contributed by atoms with E-state index in [-0.39, 0.29) is 0 Å². The number of hydrogen-bond acceptors (Lipinski definition) is 2. The molecule has 100 valence electrons. The summed E-state index contributed by atoms with van der Waals surface area (Å²) in [5.41, 5.74) is 2.07. The average Bonchev–Trinajstić information content (AvgIpc) is 2.48. The molecule has 3 aromatic rings. The Kier molecular flexibility index (Phi) is 2.56. The molecule has 0 radical (unpaired) electrons. The van der Waals surface area contributed by atoms with Crippen molar-refractivity contribution >= 4 is 21.5 Å². The molecule has 2 atom stereocenters. The van der Waals surface area contributed by atoms with Gasteiger partial charge in [0.05, 0.1) is 6.10 Å². The first-order chi connectivity index (χ1) is 9.74. The van der Waals surface area contributed by atoms with Crippen LogP contribution in [0.5, 0.6) is 0 Å². The van der Waals surface area contributed by atoms with Crippen LogP contribution in [-0.2, 0) is 6.42 Å². The van der Waals surface area contributed by atoms with Gasteiger partial charge < -0.3 is 10.2 Å². The Hall–Kier alpha value is -1.90. The third kappa shape index (κ3) is 1.65. The highest BCUT2D eigenvalue weighted by Gasteiger charge is 2.27. The summed E-state index contributed by atoms with van der Waals surface area (Å²) in [6.45, 7) is 0. The Bertz CT molecular complexity index is 807. The molecule has 2 nitrogen and oxygen atoms in total. The summed E-state index contributed by atoms with van der Waals surface area (Å²) in [6, 6.07) is 16.7. The highest BCUT2D eigenvalue weighted by Crippen LogP contribution is 2.37. The van der Waals surface area contributed by atoms with Crippen molar-refractivity contribution in [2.24, 2.45) is 0 Å². The monoisotopic (exact) mass is 264 g/mol. The minimum atomic E-state index is -0.774. The van der Waals surface area contributed by atoms with Gasteiger partial charge in [0, 0.05) is 0 Å². The normalized spacial score (nSPS) is 22.1. The number of hydrogen-bond donors (Lipinski definition) is 2. The predicted octanol–water partition coefficient (Wildman–Crippen LogP) is 3.33. The fourth-order valence-corrected chi connectivity index (χ4v) is 3.30. The maximum atomic E-state index is 10.3. The quantitative estimate of drug-likeness (QED) is 0.611. The van der Waals surface area contributed by atoms with E-state index in [1.807, 2.05) is 12.1 Å². The maximum Gasteiger partial charge on any atom is 0.106 e. The number of rotatable bonds is 0. The molecule has 2 N–H and O–H groups in total. The van der Waals surface area contributed by atoms with Crippen LogP contribution in [0, 0.1) is 0 Å². The minimum absolute atomic E-state index is 0.632. The molecule has 20 heavy (non-hydrogen) atoms. The lowest BCUT2D eigenvalue weighted by Gasteiger charge is -2.28. The Labute approximate surface area is 117 Å². The van der Waals surface area contributed by atoms with Crippen molar-refractivity contribution in [3.05, 3.63) is 59.7 Å². The van der Waals surface area contributed by atoms with Crippen molar-refractivity contribution in [1.82, 2.24) is 0 Å². The van der Waals surface area contributed by atoms with Crippen molar-refractivity contribution in [1.29, 1.82) is 0 Å². The molecule has 0 unspecified atom stereocenters. The molecule has 0 amide bonds. The number of aliphatic hydroxyl groups excluding tert-OH is 2. The van der Waals surface area contributed by atoms with E-state index in [0.29, 0.717) is 6.42 Å². The summed E-state index contributed by atoms with van der Waals surface area (Å²) in [5, 5.41) is 24.8. The largest absolute Gasteiger partial charge is 0.390 e. The first-order valence-electron chi connectivity index (χ1n) is 7.04. The zero-order valence-electron chi connectivity index (χ0n) is 11.1. The van der Waals surface area contributed by atoms with Gasteiger partial charge in [0.1, 0.15) is 6.10 Å². The fourth-order valence-electron chi connectivity index (χ4n) is 3.30. The van der Waals surface area contributed by atoms with Gasteiger partial charge >= 0.3 is 0 Å². The second kappa shape index (κ2) is 4.30. The minimum Gasteiger partial charge on any atom is -0.390 e. The van der Waals surface area contributed by atoms with Crippen LogP contribution >= 0.6 is 0 Å². The Morgan fingerprint density at radius 2 is 1.60 bits per heavy atom. The van der Waals surface area contributed by atoms with Crippen LogP contribution in [0.15, 0.2) is 48.5 Å². The van der Waals surface area contributed by atoms with Crippen LogP contribution < -0.4 is 0 Å². The van der Waals surface area contributed by atoms with Gasteiger partial charge in [-0.05, 0) is 57.6 Å². The van der Waals surface area contributed by atoms with E-state index >= 15 is 0 Å². The standard InChI is InChI=1S/C18H16O2/c19-16-8-7-11-5-6-14-9-12-3-1-2-4-13(12)10-15(14)17(11)18(16)20/h1-6,9-10,16,18-20H,7-8H2/t16-,18-/m0/s1. The van der Waals surface area contributed by atoms with E-state index in [1.54, 1.807) is 0 Å². The van der Waals surface area contributed by atoms with E-state index in [4.69, 9.17) is 0 Å². The van der Waals surface area contributed by atoms with E-state index < -0.39 is 12.2 Å². The number of benzene rings is 3. The lowest BCUT2D eigenvalue weighted by atomic mass is 9.83. The van der Waals surface area contributed by atoms with Crippen LogP contribution in [-0.4, -0.2) is 16.3 Å². The van der Waals surface area contributed by atoms with Crippen LogP contribution in [0.3, 0.4) is 0 Å². The molecule has 3 aromatic carbocycles. The first-order valence-corrected chi connectivity index (χ1v) is 7.04. The predicted molar refractivity (Wildman–Crippen MR) is 80.7 cm³/mol. The smallest absolute Gasteiger partial charge is 0.106 e. The summed E-state index contributed by atoms with van der Waals surface area (Å²) in [4.78, 5) is 0. The molecule has 0 saturated heterocycles. The summed E-state index contributed by atoms with van der Waals surface area (Å²) in [7, 11) is 0. The zero-order chi connectivity index (χ0) is 13.7. The molecule has 0 spiro atoms. The summed E-state index contributed by atoms with van der Waals surface area (Å²) < 4.78 is 0. The highest BCUT2D eigenvalue weighted by molar-refractivity contribution is 6.00. The van der Waals surface area contributed by atoms with Gasteiger partial charge in [0.2, 0.25) is 0 Å². The summed E-state index contributed by atoms with van der Waals surface area (Å²) in [5.74, 6) is 0. The van der Waals surface area contributed by atoms with Crippen molar-refractivity contribution in [2.75, 3.05) is 0 Å². The maximum absolute atomic E-state index is 10.3. The Morgan fingerprint density at radius 3 is 2.40 bits per heavy atom. The second-order valence-corrected chi connectivity index (χ2v) is 5.61. The molecule has 0 saturated carbocycles. The molecule has 0 aliphatic heterocycles. The summed E-state index contributed by atoms with van der Waals surface area (Å²) in [6.07, 6.45) is 0.0343. The average molecular weight is 264 g/mol. The molecule has 0 heterocycles. The number of fused-ring (bicyclic) bond motifs is 4. The molecule has 2 heteroatoms. The second-order valence-electron chi connectivity index (χ2n) is 5.61. The van der Waals surface area contributed by atoms with Crippen molar-refractivity contribution in [2.45, 2.75) is 25.0 Å². The van der Waals surface area contributed by atoms with Gasteiger partial charge in [0.25, 0.3) is 0 Å². The van der Waals surface area contributed by atoms with Crippen LogP contribution in [0.4, 0.5) is 0 Å².